The molecule has 15 heavy (non-hydrogen) atoms. The largest absolute Gasteiger partial charge is 0.320 e. The molecule has 0 amide bonds. The van der Waals surface area contributed by atoms with Crippen LogP contribution in [0.5, 0.6) is 0 Å². The average molecular weight is 285 g/mol. The fourth-order valence-electron chi connectivity index (χ4n) is 1.39. The number of halogens is 1. The van der Waals surface area contributed by atoms with E-state index >= 15 is 0 Å². The summed E-state index contributed by atoms with van der Waals surface area (Å²) in [7, 11) is 0. The minimum Gasteiger partial charge on any atom is -0.320 e. The third-order valence-electron chi connectivity index (χ3n) is 2.14. The topological polar surface area (TPSA) is 38.9 Å². The van der Waals surface area contributed by atoms with Gasteiger partial charge in [0.25, 0.3) is 0 Å². The fraction of sp³-hybridized carbons (Fsp3) is 0.364. The van der Waals surface area contributed by atoms with Crippen LogP contribution in [-0.2, 0) is 5.54 Å². The Morgan fingerprint density at radius 2 is 2.07 bits per heavy atom. The first-order valence-electron chi connectivity index (χ1n) is 4.74. The molecule has 0 fully saturated rings. The SMILES string of the molecule is Cc1cc(Br)c2nc(C(C)(C)N)sc2c1. The van der Waals surface area contributed by atoms with E-state index in [-0.39, 0.29) is 5.54 Å². The lowest BCUT2D eigenvalue weighted by molar-refractivity contribution is 0.551. The van der Waals surface area contributed by atoms with E-state index < -0.39 is 0 Å². The van der Waals surface area contributed by atoms with Crippen molar-refractivity contribution in [2.45, 2.75) is 26.3 Å². The van der Waals surface area contributed by atoms with Gasteiger partial charge in [-0.05, 0) is 54.4 Å². The van der Waals surface area contributed by atoms with Gasteiger partial charge in [0.2, 0.25) is 0 Å². The van der Waals surface area contributed by atoms with Crippen molar-refractivity contribution >= 4 is 37.5 Å². The van der Waals surface area contributed by atoms with E-state index in [0.29, 0.717) is 0 Å². The van der Waals surface area contributed by atoms with Gasteiger partial charge in [0.05, 0.1) is 15.8 Å². The number of hydrogen-bond donors (Lipinski definition) is 1. The van der Waals surface area contributed by atoms with Gasteiger partial charge in [-0.3, -0.25) is 0 Å². The zero-order valence-corrected chi connectivity index (χ0v) is 11.4. The van der Waals surface area contributed by atoms with Crippen LogP contribution in [0, 0.1) is 6.92 Å². The van der Waals surface area contributed by atoms with E-state index in [9.17, 15) is 0 Å². The maximum absolute atomic E-state index is 6.04. The lowest BCUT2D eigenvalue weighted by Crippen LogP contribution is -2.28. The molecule has 0 aliphatic rings. The molecule has 1 aromatic heterocycles. The zero-order valence-electron chi connectivity index (χ0n) is 8.97. The molecule has 0 radical (unpaired) electrons. The quantitative estimate of drug-likeness (QED) is 0.870. The van der Waals surface area contributed by atoms with Gasteiger partial charge in [-0.2, -0.15) is 0 Å². The van der Waals surface area contributed by atoms with E-state index in [2.05, 4.69) is 40.0 Å². The molecule has 4 heteroatoms. The molecular formula is C11H13BrN2S. The summed E-state index contributed by atoms with van der Waals surface area (Å²) in [6.07, 6.45) is 0. The van der Waals surface area contributed by atoms with Gasteiger partial charge in [-0.25, -0.2) is 4.98 Å². The van der Waals surface area contributed by atoms with Gasteiger partial charge in [0, 0.05) is 4.47 Å². The highest BCUT2D eigenvalue weighted by atomic mass is 79.9. The third-order valence-corrected chi connectivity index (χ3v) is 4.09. The number of benzene rings is 1. The Bertz CT molecular complexity index is 511. The summed E-state index contributed by atoms with van der Waals surface area (Å²) in [6, 6.07) is 4.22. The van der Waals surface area contributed by atoms with Crippen molar-refractivity contribution in [1.29, 1.82) is 0 Å². The number of fused-ring (bicyclic) bond motifs is 1. The molecule has 2 rings (SSSR count). The minimum absolute atomic E-state index is 0.364. The van der Waals surface area contributed by atoms with Crippen LogP contribution in [0.25, 0.3) is 10.2 Å². The van der Waals surface area contributed by atoms with Crippen LogP contribution in [-0.4, -0.2) is 4.98 Å². The highest BCUT2D eigenvalue weighted by molar-refractivity contribution is 9.10. The molecule has 2 N–H and O–H groups in total. The van der Waals surface area contributed by atoms with Crippen LogP contribution in [0.4, 0.5) is 0 Å². The van der Waals surface area contributed by atoms with E-state index in [1.54, 1.807) is 11.3 Å². The van der Waals surface area contributed by atoms with Crippen LogP contribution in [0.2, 0.25) is 0 Å². The molecule has 1 heterocycles. The first kappa shape index (κ1) is 11.0. The Morgan fingerprint density at radius 1 is 1.40 bits per heavy atom. The lowest BCUT2D eigenvalue weighted by atomic mass is 10.1. The van der Waals surface area contributed by atoms with Crippen LogP contribution in [0.1, 0.15) is 24.4 Å². The van der Waals surface area contributed by atoms with Gasteiger partial charge < -0.3 is 5.73 Å². The maximum atomic E-state index is 6.04. The van der Waals surface area contributed by atoms with Crippen molar-refractivity contribution in [3.05, 3.63) is 27.2 Å². The number of rotatable bonds is 1. The second kappa shape index (κ2) is 3.54. The molecule has 0 saturated carbocycles. The first-order valence-corrected chi connectivity index (χ1v) is 6.35. The Morgan fingerprint density at radius 3 is 2.67 bits per heavy atom. The number of nitrogens with two attached hydrogens (primary N) is 1. The Balaban J connectivity index is 2.71. The van der Waals surface area contributed by atoms with Gasteiger partial charge in [0.1, 0.15) is 5.01 Å². The average Bonchev–Trinajstić information content (AvgIpc) is 2.46. The van der Waals surface area contributed by atoms with Crippen molar-refractivity contribution in [1.82, 2.24) is 4.98 Å². The van der Waals surface area contributed by atoms with E-state index in [4.69, 9.17) is 5.73 Å². The summed E-state index contributed by atoms with van der Waals surface area (Å²) in [4.78, 5) is 4.57. The van der Waals surface area contributed by atoms with Crippen molar-refractivity contribution in [2.24, 2.45) is 5.73 Å². The summed E-state index contributed by atoms with van der Waals surface area (Å²) in [6.45, 7) is 6.04. The molecule has 2 nitrogen and oxygen atoms in total. The van der Waals surface area contributed by atoms with Crippen LogP contribution in [0.3, 0.4) is 0 Å². The first-order chi connectivity index (χ1) is 6.88. The highest BCUT2D eigenvalue weighted by Gasteiger charge is 2.20. The van der Waals surface area contributed by atoms with Crippen molar-refractivity contribution in [3.63, 3.8) is 0 Å². The number of hydrogen-bond acceptors (Lipinski definition) is 3. The van der Waals surface area contributed by atoms with Gasteiger partial charge >= 0.3 is 0 Å². The van der Waals surface area contributed by atoms with E-state index in [0.717, 1.165) is 15.0 Å². The summed E-state index contributed by atoms with van der Waals surface area (Å²) >= 11 is 5.20. The second-order valence-corrected chi connectivity index (χ2v) is 6.22. The van der Waals surface area contributed by atoms with Crippen LogP contribution < -0.4 is 5.73 Å². The summed E-state index contributed by atoms with van der Waals surface area (Å²) in [5.74, 6) is 0. The summed E-state index contributed by atoms with van der Waals surface area (Å²) in [5.41, 5.74) is 7.93. The van der Waals surface area contributed by atoms with Gasteiger partial charge in [-0.1, -0.05) is 0 Å². The molecule has 1 aromatic carbocycles. The highest BCUT2D eigenvalue weighted by Crippen LogP contribution is 2.33. The molecular weight excluding hydrogens is 272 g/mol. The van der Waals surface area contributed by atoms with Crippen LogP contribution >= 0.6 is 27.3 Å². The van der Waals surface area contributed by atoms with Crippen LogP contribution in [0.15, 0.2) is 16.6 Å². The van der Waals surface area contributed by atoms with Gasteiger partial charge in [-0.15, -0.1) is 11.3 Å². The standard InChI is InChI=1S/C11H13BrN2S/c1-6-4-7(12)9-8(5-6)15-10(14-9)11(2,3)13/h4-5H,13H2,1-3H3. The molecule has 0 unspecified atom stereocenters. The van der Waals surface area contributed by atoms with E-state index in [1.807, 2.05) is 13.8 Å². The normalized spacial score (nSPS) is 12.3. The van der Waals surface area contributed by atoms with E-state index in [1.165, 1.54) is 10.3 Å². The van der Waals surface area contributed by atoms with Crippen molar-refractivity contribution in [2.75, 3.05) is 0 Å². The number of aromatic nitrogens is 1. The Hall–Kier alpha value is -0.450. The molecule has 0 aliphatic heterocycles. The van der Waals surface area contributed by atoms with Crippen molar-refractivity contribution < 1.29 is 0 Å². The monoisotopic (exact) mass is 284 g/mol. The summed E-state index contributed by atoms with van der Waals surface area (Å²) in [5, 5.41) is 0.976. The molecule has 0 aliphatic carbocycles. The molecule has 0 saturated heterocycles. The fourth-order valence-corrected chi connectivity index (χ4v) is 3.29. The molecule has 0 spiro atoms. The molecule has 2 aromatic rings. The number of thiazole rings is 1. The third kappa shape index (κ3) is 2.07. The summed E-state index contributed by atoms with van der Waals surface area (Å²) < 4.78 is 2.24. The van der Waals surface area contributed by atoms with Gasteiger partial charge in [0.15, 0.2) is 0 Å². The number of nitrogens with zero attached hydrogens (tertiary/aromatic N) is 1. The smallest absolute Gasteiger partial charge is 0.113 e. The Kier molecular flexibility index (Phi) is 2.61. The molecule has 0 bridgehead atoms. The number of aryl methyl sites for hydroxylation is 1. The lowest BCUT2D eigenvalue weighted by Gasteiger charge is -2.13. The maximum Gasteiger partial charge on any atom is 0.113 e. The zero-order chi connectivity index (χ0) is 11.2. The predicted octanol–water partition coefficient (Wildman–Crippen LogP) is 3.56. The molecule has 80 valence electrons. The second-order valence-electron chi connectivity index (χ2n) is 4.33. The van der Waals surface area contributed by atoms with Crippen molar-refractivity contribution in [3.8, 4) is 0 Å². The predicted molar refractivity (Wildman–Crippen MR) is 69.3 cm³/mol. The molecule has 0 atom stereocenters. The Labute approximate surface area is 102 Å². The minimum atomic E-state index is -0.364.